The summed E-state index contributed by atoms with van der Waals surface area (Å²) in [6.45, 7) is 12.5. The van der Waals surface area contributed by atoms with Crippen LogP contribution in [0, 0.1) is 11.3 Å². The van der Waals surface area contributed by atoms with Crippen molar-refractivity contribution in [2.24, 2.45) is 11.3 Å². The summed E-state index contributed by atoms with van der Waals surface area (Å²) in [4.78, 5) is 5.41. The topological polar surface area (TPSA) is 15.7 Å². The highest BCUT2D eigenvalue weighted by Gasteiger charge is 2.31. The van der Waals surface area contributed by atoms with E-state index >= 15 is 0 Å². The summed E-state index contributed by atoms with van der Waals surface area (Å²) >= 11 is 0. The van der Waals surface area contributed by atoms with Crippen molar-refractivity contribution in [3.8, 4) is 0 Å². The fourth-order valence-electron chi connectivity index (χ4n) is 4.37. The second-order valence-corrected chi connectivity index (χ2v) is 7.98. The van der Waals surface area contributed by atoms with Gasteiger partial charge in [0.25, 0.3) is 0 Å². The molecule has 21 heavy (non-hydrogen) atoms. The Hall–Kier alpha value is -0.120. The summed E-state index contributed by atoms with van der Waals surface area (Å²) in [5, 5.41) is 0. The minimum Gasteiger partial charge on any atom is -0.381 e. The lowest BCUT2D eigenvalue weighted by atomic mass is 9.81. The molecule has 0 spiro atoms. The number of piperidine rings is 1. The van der Waals surface area contributed by atoms with Crippen LogP contribution in [-0.4, -0.2) is 62.3 Å². The molecule has 0 aromatic carbocycles. The van der Waals surface area contributed by atoms with E-state index in [4.69, 9.17) is 4.74 Å². The van der Waals surface area contributed by atoms with Crippen molar-refractivity contribution in [1.82, 2.24) is 9.80 Å². The van der Waals surface area contributed by atoms with Gasteiger partial charge in [-0.2, -0.15) is 0 Å². The molecule has 3 rings (SSSR count). The molecule has 0 aromatic rings. The van der Waals surface area contributed by atoms with Gasteiger partial charge in [-0.25, -0.2) is 0 Å². The molecule has 3 heterocycles. The summed E-state index contributed by atoms with van der Waals surface area (Å²) < 4.78 is 5.53. The molecule has 0 aromatic heterocycles. The molecule has 3 heteroatoms. The highest BCUT2D eigenvalue weighted by Crippen LogP contribution is 2.32. The predicted molar refractivity (Wildman–Crippen MR) is 87.6 cm³/mol. The highest BCUT2D eigenvalue weighted by atomic mass is 16.5. The zero-order valence-electron chi connectivity index (χ0n) is 14.0. The molecule has 3 aliphatic heterocycles. The minimum atomic E-state index is 0.515. The van der Waals surface area contributed by atoms with Crippen LogP contribution in [-0.2, 0) is 4.74 Å². The maximum absolute atomic E-state index is 5.53. The van der Waals surface area contributed by atoms with Crippen molar-refractivity contribution >= 4 is 0 Å². The Balaban J connectivity index is 1.34. The number of ether oxygens (including phenoxy) is 1. The van der Waals surface area contributed by atoms with Crippen molar-refractivity contribution in [1.29, 1.82) is 0 Å². The zero-order chi connectivity index (χ0) is 14.5. The molecule has 0 radical (unpaired) electrons. The SMILES string of the molecule is CC1(CN2CCC(CCN3CCCC3)CC2)CCOCC1. The van der Waals surface area contributed by atoms with Crippen LogP contribution in [0.15, 0.2) is 0 Å². The number of hydrogen-bond donors (Lipinski definition) is 0. The maximum Gasteiger partial charge on any atom is 0.0471 e. The molecule has 0 atom stereocenters. The van der Waals surface area contributed by atoms with Gasteiger partial charge in [0.05, 0.1) is 0 Å². The fraction of sp³-hybridized carbons (Fsp3) is 1.00. The van der Waals surface area contributed by atoms with E-state index < -0.39 is 0 Å². The summed E-state index contributed by atoms with van der Waals surface area (Å²) in [5.41, 5.74) is 0.515. The first kappa shape index (κ1) is 15.8. The molecular formula is C18H34N2O. The molecule has 3 nitrogen and oxygen atoms in total. The molecule has 0 saturated carbocycles. The summed E-state index contributed by atoms with van der Waals surface area (Å²) in [6.07, 6.45) is 9.67. The lowest BCUT2D eigenvalue weighted by molar-refractivity contribution is -0.000834. The van der Waals surface area contributed by atoms with Gasteiger partial charge in [-0.3, -0.25) is 0 Å². The van der Waals surface area contributed by atoms with Crippen LogP contribution in [0.2, 0.25) is 0 Å². The lowest BCUT2D eigenvalue weighted by Crippen LogP contribution is -2.43. The van der Waals surface area contributed by atoms with Gasteiger partial charge in [0, 0.05) is 19.8 Å². The number of nitrogens with zero attached hydrogens (tertiary/aromatic N) is 2. The molecule has 0 amide bonds. The quantitative estimate of drug-likeness (QED) is 0.775. The molecule has 0 bridgehead atoms. The first-order chi connectivity index (χ1) is 10.2. The van der Waals surface area contributed by atoms with E-state index in [0.717, 1.165) is 19.1 Å². The van der Waals surface area contributed by atoms with Crippen LogP contribution in [0.25, 0.3) is 0 Å². The molecule has 3 aliphatic rings. The third-order valence-corrected chi connectivity index (χ3v) is 6.06. The Morgan fingerprint density at radius 3 is 2.29 bits per heavy atom. The molecule has 3 fully saturated rings. The smallest absolute Gasteiger partial charge is 0.0471 e. The average Bonchev–Trinajstić information content (AvgIpc) is 3.00. The van der Waals surface area contributed by atoms with Crippen molar-refractivity contribution in [3.05, 3.63) is 0 Å². The van der Waals surface area contributed by atoms with E-state index in [1.807, 2.05) is 0 Å². The van der Waals surface area contributed by atoms with Crippen molar-refractivity contribution in [3.63, 3.8) is 0 Å². The third-order valence-electron chi connectivity index (χ3n) is 6.06. The number of hydrogen-bond acceptors (Lipinski definition) is 3. The predicted octanol–water partition coefficient (Wildman–Crippen LogP) is 3.00. The van der Waals surface area contributed by atoms with Gasteiger partial charge in [-0.05, 0) is 89.0 Å². The van der Waals surface area contributed by atoms with Crippen LogP contribution in [0.4, 0.5) is 0 Å². The molecule has 0 N–H and O–H groups in total. The van der Waals surface area contributed by atoms with Crippen LogP contribution in [0.5, 0.6) is 0 Å². The summed E-state index contributed by atoms with van der Waals surface area (Å²) in [5.74, 6) is 0.990. The largest absolute Gasteiger partial charge is 0.381 e. The normalized spacial score (nSPS) is 29.0. The van der Waals surface area contributed by atoms with Gasteiger partial charge in [0.15, 0.2) is 0 Å². The second-order valence-electron chi connectivity index (χ2n) is 7.98. The van der Waals surface area contributed by atoms with Crippen molar-refractivity contribution < 1.29 is 4.74 Å². The second kappa shape index (κ2) is 7.43. The minimum absolute atomic E-state index is 0.515. The van der Waals surface area contributed by atoms with Crippen molar-refractivity contribution in [2.45, 2.75) is 51.9 Å². The number of rotatable bonds is 5. The van der Waals surface area contributed by atoms with Gasteiger partial charge in [0.2, 0.25) is 0 Å². The Labute approximate surface area is 131 Å². The van der Waals surface area contributed by atoms with Gasteiger partial charge in [0.1, 0.15) is 0 Å². The molecule has 122 valence electrons. The van der Waals surface area contributed by atoms with E-state index in [-0.39, 0.29) is 0 Å². The van der Waals surface area contributed by atoms with Gasteiger partial charge in [-0.1, -0.05) is 6.92 Å². The third kappa shape index (κ3) is 4.67. The van der Waals surface area contributed by atoms with Crippen LogP contribution >= 0.6 is 0 Å². The lowest BCUT2D eigenvalue weighted by Gasteiger charge is -2.41. The summed E-state index contributed by atoms with van der Waals surface area (Å²) in [6, 6.07) is 0. The monoisotopic (exact) mass is 294 g/mol. The summed E-state index contributed by atoms with van der Waals surface area (Å²) in [7, 11) is 0. The fourth-order valence-corrected chi connectivity index (χ4v) is 4.37. The van der Waals surface area contributed by atoms with Gasteiger partial charge >= 0.3 is 0 Å². The van der Waals surface area contributed by atoms with Crippen LogP contribution < -0.4 is 0 Å². The van der Waals surface area contributed by atoms with Gasteiger partial charge in [-0.15, -0.1) is 0 Å². The Morgan fingerprint density at radius 1 is 0.952 bits per heavy atom. The Morgan fingerprint density at radius 2 is 1.62 bits per heavy atom. The molecule has 0 aliphatic carbocycles. The molecule has 0 unspecified atom stereocenters. The first-order valence-corrected chi connectivity index (χ1v) is 9.26. The van der Waals surface area contributed by atoms with E-state index in [2.05, 4.69) is 16.7 Å². The van der Waals surface area contributed by atoms with E-state index in [9.17, 15) is 0 Å². The maximum atomic E-state index is 5.53. The Bertz CT molecular complexity index is 300. The standard InChI is InChI=1S/C18H34N2O/c1-18(7-14-21-15-8-18)16-20-12-5-17(6-13-20)4-11-19-9-2-3-10-19/h17H,2-16H2,1H3. The van der Waals surface area contributed by atoms with Gasteiger partial charge < -0.3 is 14.5 Å². The van der Waals surface area contributed by atoms with Crippen LogP contribution in [0.3, 0.4) is 0 Å². The van der Waals surface area contributed by atoms with E-state index in [1.54, 1.807) is 0 Å². The first-order valence-electron chi connectivity index (χ1n) is 9.26. The Kier molecular flexibility index (Phi) is 5.58. The van der Waals surface area contributed by atoms with E-state index in [0.29, 0.717) is 5.41 Å². The molecular weight excluding hydrogens is 260 g/mol. The average molecular weight is 294 g/mol. The highest BCUT2D eigenvalue weighted by molar-refractivity contribution is 4.83. The number of likely N-dealkylation sites (tertiary alicyclic amines) is 2. The van der Waals surface area contributed by atoms with Crippen LogP contribution in [0.1, 0.15) is 51.9 Å². The molecule has 3 saturated heterocycles. The van der Waals surface area contributed by atoms with Crippen molar-refractivity contribution in [2.75, 3.05) is 52.5 Å². The zero-order valence-corrected chi connectivity index (χ0v) is 14.0. The van der Waals surface area contributed by atoms with E-state index in [1.165, 1.54) is 84.2 Å².